The lowest BCUT2D eigenvalue weighted by Crippen LogP contribution is -2.47. The third-order valence-electron chi connectivity index (χ3n) is 6.71. The van der Waals surface area contributed by atoms with E-state index in [1.165, 1.54) is 17.7 Å². The molecule has 1 fully saturated rings. The monoisotopic (exact) mass is 471 g/mol. The number of hydrogen-bond acceptors (Lipinski definition) is 5. The van der Waals surface area contributed by atoms with E-state index in [0.29, 0.717) is 6.54 Å². The van der Waals surface area contributed by atoms with Crippen LogP contribution in [0.15, 0.2) is 79.1 Å². The van der Waals surface area contributed by atoms with Gasteiger partial charge in [-0.2, -0.15) is 5.10 Å². The van der Waals surface area contributed by atoms with Gasteiger partial charge in [-0.3, -0.25) is 10.00 Å². The fraction of sp³-hybridized carbons (Fsp3) is 0.286. The second-order valence-electron chi connectivity index (χ2n) is 8.92. The second-order valence-corrected chi connectivity index (χ2v) is 8.92. The number of aromatic nitrogens is 3. The van der Waals surface area contributed by atoms with Crippen molar-refractivity contribution in [3.05, 3.63) is 102 Å². The molecule has 1 aliphatic rings. The number of methoxy groups -OCH3 is 1. The Labute approximate surface area is 205 Å². The molecule has 0 saturated carbocycles. The number of H-pyrrole nitrogens is 1. The van der Waals surface area contributed by atoms with Crippen molar-refractivity contribution < 1.29 is 9.13 Å². The molecule has 1 aliphatic heterocycles. The quantitative estimate of drug-likeness (QED) is 0.374. The van der Waals surface area contributed by atoms with Crippen LogP contribution in [-0.4, -0.2) is 39.8 Å². The molecule has 4 aromatic rings. The van der Waals surface area contributed by atoms with Gasteiger partial charge in [0.25, 0.3) is 0 Å². The highest BCUT2D eigenvalue weighted by atomic mass is 19.1. The zero-order valence-electron chi connectivity index (χ0n) is 19.8. The predicted octanol–water partition coefficient (Wildman–Crippen LogP) is 5.11. The number of likely N-dealkylation sites (tertiary alicyclic amines) is 1. The molecule has 0 bridgehead atoms. The number of piperidine rings is 1. The summed E-state index contributed by atoms with van der Waals surface area (Å²) in [6, 6.07) is 23.9. The summed E-state index contributed by atoms with van der Waals surface area (Å²) in [4.78, 5) is 6.83. The molecule has 0 amide bonds. The maximum absolute atomic E-state index is 13.4. The van der Waals surface area contributed by atoms with Crippen LogP contribution in [0, 0.1) is 5.82 Å². The number of aromatic amines is 1. The highest BCUT2D eigenvalue weighted by molar-refractivity contribution is 5.65. The number of nitrogens with one attached hydrogen (secondary N) is 2. The Hall–Kier alpha value is -3.55. The molecule has 0 aliphatic carbocycles. The molecular formula is C28H30FN5O. The van der Waals surface area contributed by atoms with E-state index in [9.17, 15) is 4.39 Å². The summed E-state index contributed by atoms with van der Waals surface area (Å²) in [5, 5.41) is 10.9. The van der Waals surface area contributed by atoms with Crippen molar-refractivity contribution in [3.63, 3.8) is 0 Å². The summed E-state index contributed by atoms with van der Waals surface area (Å²) in [6.07, 6.45) is 3.74. The summed E-state index contributed by atoms with van der Waals surface area (Å²) >= 11 is 0. The molecule has 0 unspecified atom stereocenters. The van der Waals surface area contributed by atoms with Gasteiger partial charge in [0.15, 0.2) is 0 Å². The first kappa shape index (κ1) is 23.2. The van der Waals surface area contributed by atoms with Crippen molar-refractivity contribution in [3.8, 4) is 16.9 Å². The molecule has 1 saturated heterocycles. The van der Waals surface area contributed by atoms with Gasteiger partial charge in [0.1, 0.15) is 23.7 Å². The van der Waals surface area contributed by atoms with Crippen LogP contribution in [0.3, 0.4) is 0 Å². The average molecular weight is 472 g/mol. The molecule has 2 heterocycles. The van der Waals surface area contributed by atoms with Crippen LogP contribution >= 0.6 is 0 Å². The zero-order chi connectivity index (χ0) is 24.0. The molecule has 0 radical (unpaired) electrons. The summed E-state index contributed by atoms with van der Waals surface area (Å²) < 4.78 is 19.1. The first-order chi connectivity index (χ1) is 17.2. The smallest absolute Gasteiger partial charge is 0.138 e. The minimum Gasteiger partial charge on any atom is -0.496 e. The van der Waals surface area contributed by atoms with E-state index in [-0.39, 0.29) is 17.9 Å². The number of benzene rings is 3. The number of ether oxygens (including phenoxy) is 1. The highest BCUT2D eigenvalue weighted by Crippen LogP contribution is 2.33. The van der Waals surface area contributed by atoms with E-state index in [1.807, 2.05) is 24.3 Å². The van der Waals surface area contributed by atoms with Crippen molar-refractivity contribution in [2.24, 2.45) is 0 Å². The van der Waals surface area contributed by atoms with Gasteiger partial charge < -0.3 is 10.1 Å². The summed E-state index contributed by atoms with van der Waals surface area (Å²) in [5.41, 5.74) is 4.39. The number of nitrogens with zero attached hydrogens (tertiary/aromatic N) is 3. The van der Waals surface area contributed by atoms with Gasteiger partial charge in [-0.05, 0) is 60.3 Å². The first-order valence-corrected chi connectivity index (χ1v) is 12.0. The summed E-state index contributed by atoms with van der Waals surface area (Å²) in [7, 11) is 1.70. The molecule has 35 heavy (non-hydrogen) atoms. The van der Waals surface area contributed by atoms with Crippen LogP contribution in [0.4, 0.5) is 4.39 Å². The minimum absolute atomic E-state index is 0.210. The second kappa shape index (κ2) is 10.8. The van der Waals surface area contributed by atoms with Crippen LogP contribution in [0.5, 0.6) is 5.75 Å². The molecule has 5 rings (SSSR count). The average Bonchev–Trinajstić information content (AvgIpc) is 3.41. The van der Waals surface area contributed by atoms with Crippen molar-refractivity contribution in [2.45, 2.75) is 38.0 Å². The van der Waals surface area contributed by atoms with E-state index < -0.39 is 0 Å². The normalized spacial score (nSPS) is 18.5. The van der Waals surface area contributed by atoms with Crippen LogP contribution in [0.2, 0.25) is 0 Å². The number of hydrogen-bond donors (Lipinski definition) is 2. The summed E-state index contributed by atoms with van der Waals surface area (Å²) in [6.45, 7) is 2.39. The van der Waals surface area contributed by atoms with Gasteiger partial charge in [0, 0.05) is 18.2 Å². The Morgan fingerprint density at radius 1 is 1.06 bits per heavy atom. The van der Waals surface area contributed by atoms with Crippen molar-refractivity contribution in [1.82, 2.24) is 25.4 Å². The molecular weight excluding hydrogens is 441 g/mol. The van der Waals surface area contributed by atoms with Crippen molar-refractivity contribution in [1.29, 1.82) is 0 Å². The Bertz CT molecular complexity index is 1210. The van der Waals surface area contributed by atoms with Gasteiger partial charge in [0.05, 0.1) is 19.7 Å². The third kappa shape index (κ3) is 5.42. The Morgan fingerprint density at radius 2 is 1.86 bits per heavy atom. The topological polar surface area (TPSA) is 66.1 Å². The van der Waals surface area contributed by atoms with Gasteiger partial charge in [0.2, 0.25) is 0 Å². The van der Waals surface area contributed by atoms with Crippen LogP contribution in [-0.2, 0) is 13.1 Å². The molecule has 3 aromatic carbocycles. The van der Waals surface area contributed by atoms with Gasteiger partial charge in [-0.15, -0.1) is 0 Å². The van der Waals surface area contributed by atoms with Crippen molar-refractivity contribution >= 4 is 0 Å². The summed E-state index contributed by atoms with van der Waals surface area (Å²) in [5.74, 6) is 1.48. The number of halogens is 1. The third-order valence-corrected chi connectivity index (χ3v) is 6.71. The lowest BCUT2D eigenvalue weighted by Gasteiger charge is -2.42. The fourth-order valence-corrected chi connectivity index (χ4v) is 5.03. The highest BCUT2D eigenvalue weighted by Gasteiger charge is 2.33. The van der Waals surface area contributed by atoms with E-state index in [2.05, 4.69) is 61.8 Å². The van der Waals surface area contributed by atoms with Crippen LogP contribution < -0.4 is 10.1 Å². The van der Waals surface area contributed by atoms with E-state index in [0.717, 1.165) is 54.2 Å². The molecule has 2 atom stereocenters. The van der Waals surface area contributed by atoms with Gasteiger partial charge >= 0.3 is 0 Å². The SMILES string of the molecule is COc1ccc(-c2ccc(F)cc2)cc1CN[C@H]1CCCN(Cc2ncn[nH]2)[C@H]1c1ccccc1. The minimum atomic E-state index is -0.233. The zero-order valence-corrected chi connectivity index (χ0v) is 19.8. The molecule has 6 nitrogen and oxygen atoms in total. The standard InChI is InChI=1S/C28H30FN5O/c1-35-26-14-11-22(20-9-12-24(29)13-10-20)16-23(26)17-30-25-8-5-15-34(18-27-31-19-32-33-27)28(25)21-6-3-2-4-7-21/h2-4,6-7,9-14,16,19,25,28,30H,5,8,15,17-18H2,1H3,(H,31,32,33)/t25-,28-/m0/s1. The fourth-order valence-electron chi connectivity index (χ4n) is 5.03. The Kier molecular flexibility index (Phi) is 7.16. The lowest BCUT2D eigenvalue weighted by atomic mass is 9.90. The number of rotatable bonds is 8. The maximum atomic E-state index is 13.4. The maximum Gasteiger partial charge on any atom is 0.138 e. The molecule has 180 valence electrons. The van der Waals surface area contributed by atoms with Crippen LogP contribution in [0.1, 0.15) is 35.8 Å². The van der Waals surface area contributed by atoms with Crippen LogP contribution in [0.25, 0.3) is 11.1 Å². The van der Waals surface area contributed by atoms with E-state index in [1.54, 1.807) is 13.4 Å². The van der Waals surface area contributed by atoms with Gasteiger partial charge in [-0.25, -0.2) is 9.37 Å². The largest absolute Gasteiger partial charge is 0.496 e. The Balaban J connectivity index is 1.39. The van der Waals surface area contributed by atoms with E-state index >= 15 is 0 Å². The molecule has 7 heteroatoms. The molecule has 2 N–H and O–H groups in total. The predicted molar refractivity (Wildman–Crippen MR) is 134 cm³/mol. The lowest BCUT2D eigenvalue weighted by molar-refractivity contribution is 0.100. The first-order valence-electron chi connectivity index (χ1n) is 12.0. The van der Waals surface area contributed by atoms with Crippen molar-refractivity contribution in [2.75, 3.05) is 13.7 Å². The van der Waals surface area contributed by atoms with Gasteiger partial charge in [-0.1, -0.05) is 48.5 Å². The molecule has 1 aromatic heterocycles. The Morgan fingerprint density at radius 3 is 2.60 bits per heavy atom. The molecule has 0 spiro atoms. The van der Waals surface area contributed by atoms with E-state index in [4.69, 9.17) is 4.74 Å².